The second-order valence-corrected chi connectivity index (χ2v) is 7.77. The van der Waals surface area contributed by atoms with Gasteiger partial charge in [0.1, 0.15) is 23.0 Å². The van der Waals surface area contributed by atoms with Gasteiger partial charge in [-0.3, -0.25) is 14.4 Å². The lowest BCUT2D eigenvalue weighted by Gasteiger charge is -2.27. The molecule has 2 N–H and O–H groups in total. The first-order valence-electron chi connectivity index (χ1n) is 10.1. The predicted octanol–water partition coefficient (Wildman–Crippen LogP) is 2.56. The van der Waals surface area contributed by atoms with E-state index in [0.717, 1.165) is 16.5 Å². The van der Waals surface area contributed by atoms with E-state index in [2.05, 4.69) is 9.72 Å². The minimum absolute atomic E-state index is 0.0448. The Morgan fingerprint density at radius 3 is 2.59 bits per heavy atom. The number of hydrogen-bond acceptors (Lipinski definition) is 6. The normalized spacial score (nSPS) is 18.4. The van der Waals surface area contributed by atoms with E-state index >= 15 is 0 Å². The quantitative estimate of drug-likeness (QED) is 0.350. The molecular weight excluding hydrogens is 412 g/mol. The van der Waals surface area contributed by atoms with Crippen molar-refractivity contribution in [2.75, 3.05) is 13.7 Å². The van der Waals surface area contributed by atoms with E-state index in [-0.39, 0.29) is 17.9 Å². The largest absolute Gasteiger partial charge is 0.507 e. The molecule has 8 heteroatoms. The molecule has 0 spiro atoms. The van der Waals surface area contributed by atoms with Gasteiger partial charge in [-0.25, -0.2) is 4.79 Å². The number of Topliss-reactive ketones (excluding diaryl/α,β-unsaturated/α-hetero) is 2. The first-order chi connectivity index (χ1) is 15.3. The van der Waals surface area contributed by atoms with Crippen LogP contribution in [0.3, 0.4) is 0 Å². The third-order valence-corrected chi connectivity index (χ3v) is 5.91. The molecular formula is C24H22N2O6. The molecule has 0 bridgehead atoms. The highest BCUT2D eigenvalue weighted by Crippen LogP contribution is 2.38. The van der Waals surface area contributed by atoms with Crippen molar-refractivity contribution in [2.24, 2.45) is 5.92 Å². The van der Waals surface area contributed by atoms with E-state index in [0.29, 0.717) is 12.0 Å². The molecule has 1 aromatic heterocycles. The molecule has 1 fully saturated rings. The van der Waals surface area contributed by atoms with Crippen molar-refractivity contribution in [2.45, 2.75) is 19.4 Å². The molecule has 3 aromatic rings. The van der Waals surface area contributed by atoms with Crippen LogP contribution in [0.5, 0.6) is 5.75 Å². The molecule has 1 aliphatic heterocycles. The summed E-state index contributed by atoms with van der Waals surface area (Å²) in [6.07, 6.45) is 2.33. The van der Waals surface area contributed by atoms with Gasteiger partial charge in [0.2, 0.25) is 5.78 Å². The lowest BCUT2D eigenvalue weighted by atomic mass is 9.89. The summed E-state index contributed by atoms with van der Waals surface area (Å²) in [5.41, 5.74) is 2.30. The molecule has 2 atom stereocenters. The Morgan fingerprint density at radius 2 is 1.91 bits per heavy atom. The molecule has 0 radical (unpaired) electrons. The number of para-hydroxylation sites is 1. The van der Waals surface area contributed by atoms with E-state index in [9.17, 15) is 24.3 Å². The molecule has 2 aromatic carbocycles. The van der Waals surface area contributed by atoms with Gasteiger partial charge in [0.15, 0.2) is 0 Å². The average Bonchev–Trinajstić information content (AvgIpc) is 3.30. The fourth-order valence-corrected chi connectivity index (χ4v) is 4.34. The third-order valence-electron chi connectivity index (χ3n) is 5.91. The molecule has 2 heterocycles. The highest BCUT2D eigenvalue weighted by atomic mass is 16.5. The number of ketones is 2. The van der Waals surface area contributed by atoms with E-state index in [1.807, 2.05) is 30.5 Å². The number of fused-ring (bicyclic) bond motifs is 1. The molecule has 8 nitrogen and oxygen atoms in total. The number of phenols is 1. The van der Waals surface area contributed by atoms with Crippen LogP contribution in [-0.2, 0) is 25.5 Å². The van der Waals surface area contributed by atoms with Crippen LogP contribution in [0.25, 0.3) is 10.9 Å². The molecule has 1 saturated heterocycles. The van der Waals surface area contributed by atoms with Crippen LogP contribution in [0, 0.1) is 5.92 Å². The van der Waals surface area contributed by atoms with Crippen LogP contribution < -0.4 is 0 Å². The molecule has 164 valence electrons. The Labute approximate surface area is 183 Å². The first-order valence-corrected chi connectivity index (χ1v) is 10.1. The zero-order valence-corrected chi connectivity index (χ0v) is 17.6. The number of H-pyrrole nitrogens is 1. The molecule has 1 aliphatic rings. The summed E-state index contributed by atoms with van der Waals surface area (Å²) in [4.78, 5) is 54.1. The summed E-state index contributed by atoms with van der Waals surface area (Å²) in [5, 5.41) is 11.3. The fourth-order valence-electron chi connectivity index (χ4n) is 4.34. The van der Waals surface area contributed by atoms with Gasteiger partial charge in [0.25, 0.3) is 5.91 Å². The van der Waals surface area contributed by atoms with Gasteiger partial charge in [-0.2, -0.15) is 0 Å². The summed E-state index contributed by atoms with van der Waals surface area (Å²) in [7, 11) is 1.20. The zero-order valence-electron chi connectivity index (χ0n) is 17.6. The van der Waals surface area contributed by atoms with Crippen molar-refractivity contribution in [3.8, 4) is 5.75 Å². The number of aromatic nitrogens is 1. The Morgan fingerprint density at radius 1 is 1.16 bits per heavy atom. The van der Waals surface area contributed by atoms with E-state index in [1.54, 1.807) is 0 Å². The number of nitrogens with one attached hydrogen (secondary N) is 1. The van der Waals surface area contributed by atoms with E-state index < -0.39 is 35.4 Å². The second-order valence-electron chi connectivity index (χ2n) is 7.77. The maximum Gasteiger partial charge on any atom is 0.341 e. The summed E-state index contributed by atoms with van der Waals surface area (Å²) in [6, 6.07) is 11.1. The number of benzene rings is 2. The lowest BCUT2D eigenvalue weighted by molar-refractivity contribution is -0.142. The Balaban J connectivity index is 1.69. The fraction of sp³-hybridized carbons (Fsp3) is 0.250. The number of hydrogen-bond donors (Lipinski definition) is 2. The van der Waals surface area contributed by atoms with Gasteiger partial charge in [-0.05, 0) is 42.7 Å². The standard InChI is InChI=1S/C24H22N2O6/c1-13(27)20-21(14-7-8-17(19(28)11-14)24(31)32-2)26(23(30)22(20)29)10-9-15-12-25-18-6-4-3-5-16(15)18/h3-8,11-12,20-21,25,28H,9-10H2,1-2H3. The second kappa shape index (κ2) is 8.30. The van der Waals surface area contributed by atoms with E-state index in [1.165, 1.54) is 37.1 Å². The van der Waals surface area contributed by atoms with Crippen molar-refractivity contribution in [3.63, 3.8) is 0 Å². The smallest absolute Gasteiger partial charge is 0.341 e. The molecule has 32 heavy (non-hydrogen) atoms. The summed E-state index contributed by atoms with van der Waals surface area (Å²) in [6.45, 7) is 1.48. The van der Waals surface area contributed by atoms with Gasteiger partial charge in [0.05, 0.1) is 13.2 Å². The summed E-state index contributed by atoms with van der Waals surface area (Å²) in [5.74, 6) is -4.16. The minimum atomic E-state index is -1.17. The predicted molar refractivity (Wildman–Crippen MR) is 115 cm³/mol. The average molecular weight is 434 g/mol. The Bertz CT molecular complexity index is 1240. The number of methoxy groups -OCH3 is 1. The van der Waals surface area contributed by atoms with Crippen molar-refractivity contribution in [3.05, 3.63) is 65.4 Å². The number of aromatic amines is 1. The number of ether oxygens (including phenoxy) is 1. The SMILES string of the molecule is COC(=O)c1ccc(C2C(C(C)=O)C(=O)C(=O)N2CCc2c[nH]c3ccccc23)cc1O. The van der Waals surface area contributed by atoms with Crippen LogP contribution >= 0.6 is 0 Å². The van der Waals surface area contributed by atoms with Crippen molar-refractivity contribution >= 4 is 34.3 Å². The number of aromatic hydroxyl groups is 1. The van der Waals surface area contributed by atoms with Crippen LogP contribution in [0.15, 0.2) is 48.7 Å². The molecule has 4 rings (SSSR count). The van der Waals surface area contributed by atoms with Gasteiger partial charge in [-0.1, -0.05) is 24.3 Å². The van der Waals surface area contributed by atoms with Crippen LogP contribution in [-0.4, -0.2) is 52.1 Å². The number of rotatable bonds is 6. The highest BCUT2D eigenvalue weighted by molar-refractivity contribution is 6.42. The monoisotopic (exact) mass is 434 g/mol. The van der Waals surface area contributed by atoms with Crippen molar-refractivity contribution in [1.29, 1.82) is 0 Å². The zero-order chi connectivity index (χ0) is 23.0. The first kappa shape index (κ1) is 21.3. The minimum Gasteiger partial charge on any atom is -0.507 e. The van der Waals surface area contributed by atoms with Crippen molar-refractivity contribution in [1.82, 2.24) is 9.88 Å². The number of likely N-dealkylation sites (tertiary alicyclic amines) is 1. The summed E-state index contributed by atoms with van der Waals surface area (Å²) >= 11 is 0. The van der Waals surface area contributed by atoms with Crippen LogP contribution in [0.4, 0.5) is 0 Å². The molecule has 0 saturated carbocycles. The van der Waals surface area contributed by atoms with Crippen LogP contribution in [0.2, 0.25) is 0 Å². The number of nitrogens with zero attached hydrogens (tertiary/aromatic N) is 1. The number of esters is 1. The summed E-state index contributed by atoms with van der Waals surface area (Å²) < 4.78 is 4.64. The maximum absolute atomic E-state index is 12.8. The molecule has 1 amide bonds. The Hall–Kier alpha value is -3.94. The number of phenolic OH excluding ortho intramolecular Hbond substituents is 1. The van der Waals surface area contributed by atoms with Gasteiger partial charge in [0, 0.05) is 23.6 Å². The number of amides is 1. The molecule has 2 unspecified atom stereocenters. The van der Waals surface area contributed by atoms with Crippen molar-refractivity contribution < 1.29 is 29.0 Å². The lowest BCUT2D eigenvalue weighted by Crippen LogP contribution is -2.32. The maximum atomic E-state index is 12.8. The Kier molecular flexibility index (Phi) is 5.52. The van der Waals surface area contributed by atoms with E-state index in [4.69, 9.17) is 0 Å². The number of carbonyl (C=O) groups is 4. The van der Waals surface area contributed by atoms with Gasteiger partial charge >= 0.3 is 5.97 Å². The van der Waals surface area contributed by atoms with Gasteiger partial charge < -0.3 is 19.7 Å². The highest BCUT2D eigenvalue weighted by Gasteiger charge is 2.50. The number of carbonyl (C=O) groups excluding carboxylic acids is 4. The van der Waals surface area contributed by atoms with Gasteiger partial charge in [-0.15, -0.1) is 0 Å². The third kappa shape index (κ3) is 3.53. The topological polar surface area (TPSA) is 117 Å². The molecule has 0 aliphatic carbocycles. The van der Waals surface area contributed by atoms with Crippen LogP contribution in [0.1, 0.15) is 34.5 Å².